The number of nitrogens with one attached hydrogen (secondary N) is 1. The third-order valence-corrected chi connectivity index (χ3v) is 4.88. The molecule has 0 aliphatic heterocycles. The van der Waals surface area contributed by atoms with E-state index in [-0.39, 0.29) is 5.91 Å². The van der Waals surface area contributed by atoms with Crippen LogP contribution in [0.25, 0.3) is 0 Å². The predicted octanol–water partition coefficient (Wildman–Crippen LogP) is 3.66. The van der Waals surface area contributed by atoms with Crippen LogP contribution in [0, 0.1) is 25.2 Å². The number of benzene rings is 1. The van der Waals surface area contributed by atoms with Gasteiger partial charge in [0, 0.05) is 24.6 Å². The Morgan fingerprint density at radius 2 is 2.04 bits per heavy atom. The van der Waals surface area contributed by atoms with Crippen LogP contribution in [0.1, 0.15) is 54.6 Å². The first-order chi connectivity index (χ1) is 12.6. The number of aromatic nitrogens is 2. The van der Waals surface area contributed by atoms with E-state index in [1.54, 1.807) is 0 Å². The van der Waals surface area contributed by atoms with Gasteiger partial charge in [-0.15, -0.1) is 0 Å². The van der Waals surface area contributed by atoms with Crippen molar-refractivity contribution in [3.63, 3.8) is 0 Å². The first-order valence-corrected chi connectivity index (χ1v) is 9.28. The van der Waals surface area contributed by atoms with Gasteiger partial charge in [0.1, 0.15) is 0 Å². The maximum Gasteiger partial charge on any atom is 0.220 e. The molecule has 5 heteroatoms. The summed E-state index contributed by atoms with van der Waals surface area (Å²) in [5.74, 6) is 0.417. The van der Waals surface area contributed by atoms with Crippen molar-refractivity contribution in [1.29, 1.82) is 5.26 Å². The molecule has 1 aromatic carbocycles. The van der Waals surface area contributed by atoms with Crippen LogP contribution in [0.5, 0.6) is 0 Å². The second-order valence-corrected chi connectivity index (χ2v) is 6.60. The standard InChI is InChI=1S/C21H28N4O/c1-4-18(19-9-6-5-7-10-19)15-23-21(26)12-11-20-16(2)24-25(17(20)3)14-8-13-22/h5-7,9-10,18H,4,8,11-12,14-15H2,1-3H3,(H,23,26)/t18-/m0/s1. The van der Waals surface area contributed by atoms with Gasteiger partial charge in [-0.1, -0.05) is 37.3 Å². The predicted molar refractivity (Wildman–Crippen MR) is 103 cm³/mol. The van der Waals surface area contributed by atoms with Crippen molar-refractivity contribution < 1.29 is 4.79 Å². The third-order valence-electron chi connectivity index (χ3n) is 4.88. The van der Waals surface area contributed by atoms with Crippen molar-refractivity contribution in [3.05, 3.63) is 52.8 Å². The van der Waals surface area contributed by atoms with Crippen molar-refractivity contribution in [1.82, 2.24) is 15.1 Å². The zero-order chi connectivity index (χ0) is 18.9. The molecule has 0 saturated heterocycles. The Labute approximate surface area is 156 Å². The summed E-state index contributed by atoms with van der Waals surface area (Å²) < 4.78 is 1.87. The van der Waals surface area contributed by atoms with Crippen LogP contribution in [-0.4, -0.2) is 22.2 Å². The molecule has 2 rings (SSSR count). The largest absolute Gasteiger partial charge is 0.355 e. The Bertz CT molecular complexity index is 758. The minimum Gasteiger partial charge on any atom is -0.355 e. The summed E-state index contributed by atoms with van der Waals surface area (Å²) in [6, 6.07) is 12.5. The molecule has 0 unspecified atom stereocenters. The van der Waals surface area contributed by atoms with Crippen LogP contribution in [0.15, 0.2) is 30.3 Å². The van der Waals surface area contributed by atoms with Gasteiger partial charge in [-0.05, 0) is 37.8 Å². The Kier molecular flexibility index (Phi) is 7.40. The number of nitriles is 1. The summed E-state index contributed by atoms with van der Waals surface area (Å²) in [4.78, 5) is 12.3. The lowest BCUT2D eigenvalue weighted by atomic mass is 9.96. The molecule has 138 valence electrons. The molecule has 0 aliphatic carbocycles. The molecule has 1 N–H and O–H groups in total. The van der Waals surface area contributed by atoms with E-state index in [2.05, 4.69) is 35.5 Å². The van der Waals surface area contributed by atoms with Gasteiger partial charge in [-0.25, -0.2) is 0 Å². The van der Waals surface area contributed by atoms with Crippen molar-refractivity contribution >= 4 is 5.91 Å². The number of aryl methyl sites for hydroxylation is 2. The zero-order valence-corrected chi connectivity index (χ0v) is 16.0. The second-order valence-electron chi connectivity index (χ2n) is 6.60. The summed E-state index contributed by atoms with van der Waals surface area (Å²) in [5.41, 5.74) is 4.39. The molecular weight excluding hydrogens is 324 g/mol. The summed E-state index contributed by atoms with van der Waals surface area (Å²) >= 11 is 0. The van der Waals surface area contributed by atoms with E-state index in [0.717, 1.165) is 23.4 Å². The normalized spacial score (nSPS) is 11.8. The number of hydrogen-bond donors (Lipinski definition) is 1. The molecule has 0 spiro atoms. The SMILES string of the molecule is CC[C@@H](CNC(=O)CCc1c(C)nn(CCC#N)c1C)c1ccccc1. The number of amides is 1. The zero-order valence-electron chi connectivity index (χ0n) is 16.0. The molecule has 0 radical (unpaired) electrons. The lowest BCUT2D eigenvalue weighted by Crippen LogP contribution is -2.28. The van der Waals surface area contributed by atoms with Crippen molar-refractivity contribution in [2.75, 3.05) is 6.54 Å². The number of hydrogen-bond acceptors (Lipinski definition) is 3. The highest BCUT2D eigenvalue weighted by atomic mass is 16.1. The Morgan fingerprint density at radius 3 is 2.69 bits per heavy atom. The van der Waals surface area contributed by atoms with Crippen LogP contribution in [-0.2, 0) is 17.8 Å². The molecule has 26 heavy (non-hydrogen) atoms. The second kappa shape index (κ2) is 9.76. The van der Waals surface area contributed by atoms with Crippen LogP contribution in [0.3, 0.4) is 0 Å². The average molecular weight is 352 g/mol. The van der Waals surface area contributed by atoms with E-state index >= 15 is 0 Å². The highest BCUT2D eigenvalue weighted by molar-refractivity contribution is 5.76. The van der Waals surface area contributed by atoms with Crippen LogP contribution in [0.2, 0.25) is 0 Å². The Balaban J connectivity index is 1.87. The van der Waals surface area contributed by atoms with Gasteiger partial charge < -0.3 is 5.32 Å². The summed E-state index contributed by atoms with van der Waals surface area (Å²) in [5, 5.41) is 16.3. The maximum atomic E-state index is 12.3. The maximum absolute atomic E-state index is 12.3. The molecule has 5 nitrogen and oxygen atoms in total. The molecule has 1 heterocycles. The highest BCUT2D eigenvalue weighted by Gasteiger charge is 2.14. The van der Waals surface area contributed by atoms with Gasteiger partial charge in [0.2, 0.25) is 5.91 Å². The fourth-order valence-corrected chi connectivity index (χ4v) is 3.26. The number of rotatable bonds is 9. The van der Waals surface area contributed by atoms with Gasteiger partial charge >= 0.3 is 0 Å². The van der Waals surface area contributed by atoms with Gasteiger partial charge in [0.15, 0.2) is 0 Å². The molecule has 1 amide bonds. The fourth-order valence-electron chi connectivity index (χ4n) is 3.26. The fraction of sp³-hybridized carbons (Fsp3) is 0.476. The molecule has 0 bridgehead atoms. The third kappa shape index (κ3) is 5.19. The lowest BCUT2D eigenvalue weighted by molar-refractivity contribution is -0.121. The van der Waals surface area contributed by atoms with Gasteiger partial charge in [-0.3, -0.25) is 9.48 Å². The Morgan fingerprint density at radius 1 is 1.31 bits per heavy atom. The summed E-state index contributed by atoms with van der Waals surface area (Å²) in [6.45, 7) is 7.38. The molecule has 0 aliphatic rings. The quantitative estimate of drug-likeness (QED) is 0.749. The number of carbonyl (C=O) groups is 1. The van der Waals surface area contributed by atoms with Crippen molar-refractivity contribution in [2.24, 2.45) is 0 Å². The van der Waals surface area contributed by atoms with Crippen molar-refractivity contribution in [3.8, 4) is 6.07 Å². The van der Waals surface area contributed by atoms with Gasteiger partial charge in [-0.2, -0.15) is 10.4 Å². The number of nitrogens with zero attached hydrogens (tertiary/aromatic N) is 3. The lowest BCUT2D eigenvalue weighted by Gasteiger charge is -2.16. The average Bonchev–Trinajstić information content (AvgIpc) is 2.92. The van der Waals surface area contributed by atoms with Crippen LogP contribution in [0.4, 0.5) is 0 Å². The van der Waals surface area contributed by atoms with Crippen molar-refractivity contribution in [2.45, 2.75) is 58.9 Å². The molecule has 2 aromatic rings. The summed E-state index contributed by atoms with van der Waals surface area (Å²) in [6.07, 6.45) is 2.57. The van der Waals surface area contributed by atoms with E-state index in [1.165, 1.54) is 5.56 Å². The van der Waals surface area contributed by atoms with Crippen LogP contribution >= 0.6 is 0 Å². The summed E-state index contributed by atoms with van der Waals surface area (Å²) in [7, 11) is 0. The first kappa shape index (κ1) is 19.7. The molecular formula is C21H28N4O. The number of carbonyl (C=O) groups excluding carboxylic acids is 1. The van der Waals surface area contributed by atoms with E-state index in [9.17, 15) is 4.79 Å². The monoisotopic (exact) mass is 352 g/mol. The highest BCUT2D eigenvalue weighted by Crippen LogP contribution is 2.18. The van der Waals surface area contributed by atoms with Gasteiger partial charge in [0.05, 0.1) is 24.7 Å². The van der Waals surface area contributed by atoms with Crippen LogP contribution < -0.4 is 5.32 Å². The Hall–Kier alpha value is -2.61. The molecule has 1 aromatic heterocycles. The molecule has 0 fully saturated rings. The molecule has 1 atom stereocenters. The van der Waals surface area contributed by atoms with E-state index in [1.807, 2.05) is 36.7 Å². The first-order valence-electron chi connectivity index (χ1n) is 9.28. The van der Waals surface area contributed by atoms with E-state index < -0.39 is 0 Å². The smallest absolute Gasteiger partial charge is 0.220 e. The van der Waals surface area contributed by atoms with E-state index in [4.69, 9.17) is 5.26 Å². The topological polar surface area (TPSA) is 70.7 Å². The minimum atomic E-state index is 0.0722. The van der Waals surface area contributed by atoms with E-state index in [0.29, 0.717) is 38.3 Å². The minimum absolute atomic E-state index is 0.0722. The van der Waals surface area contributed by atoms with Gasteiger partial charge in [0.25, 0.3) is 0 Å². The molecule has 0 saturated carbocycles.